The smallest absolute Gasteiger partial charge is 0.115 e. The van der Waals surface area contributed by atoms with Crippen LogP contribution >= 0.6 is 11.8 Å². The van der Waals surface area contributed by atoms with Crippen molar-refractivity contribution >= 4 is 11.8 Å². The lowest BCUT2D eigenvalue weighted by atomic mass is 10.2. The summed E-state index contributed by atoms with van der Waals surface area (Å²) in [6, 6.07) is 8.27. The first-order valence-corrected chi connectivity index (χ1v) is 6.37. The Bertz CT molecular complexity index is 459. The molecule has 17 heavy (non-hydrogen) atoms. The fourth-order valence-electron chi connectivity index (χ4n) is 1.39. The summed E-state index contributed by atoms with van der Waals surface area (Å²) in [7, 11) is 0. The summed E-state index contributed by atoms with van der Waals surface area (Å²) >= 11 is 1.63. The highest BCUT2D eigenvalue weighted by Crippen LogP contribution is 2.24. The Kier molecular flexibility index (Phi) is 4.12. The zero-order valence-corrected chi connectivity index (χ0v) is 10.4. The summed E-state index contributed by atoms with van der Waals surface area (Å²) < 4.78 is 0. The molecule has 0 spiro atoms. The molecule has 3 nitrogen and oxygen atoms in total. The minimum atomic E-state index is -0.525. The number of benzene rings is 1. The van der Waals surface area contributed by atoms with E-state index >= 15 is 0 Å². The Balaban J connectivity index is 1.92. The summed E-state index contributed by atoms with van der Waals surface area (Å²) in [5, 5.41) is 9.94. The van der Waals surface area contributed by atoms with E-state index in [1.807, 2.05) is 0 Å². The van der Waals surface area contributed by atoms with Crippen LogP contribution in [0, 0.1) is 6.92 Å². The van der Waals surface area contributed by atoms with Gasteiger partial charge < -0.3 is 5.11 Å². The van der Waals surface area contributed by atoms with E-state index in [-0.39, 0.29) is 0 Å². The number of aromatic nitrogens is 2. The second-order valence-electron chi connectivity index (χ2n) is 3.81. The summed E-state index contributed by atoms with van der Waals surface area (Å²) in [4.78, 5) is 8.94. The molecule has 1 unspecified atom stereocenters. The van der Waals surface area contributed by atoms with Crippen molar-refractivity contribution in [2.45, 2.75) is 17.9 Å². The summed E-state index contributed by atoms with van der Waals surface area (Å²) in [6.45, 7) is 2.06. The molecule has 1 heterocycles. The van der Waals surface area contributed by atoms with Crippen molar-refractivity contribution in [1.29, 1.82) is 0 Å². The van der Waals surface area contributed by atoms with Crippen molar-refractivity contribution < 1.29 is 5.11 Å². The zero-order valence-electron chi connectivity index (χ0n) is 9.58. The fourth-order valence-corrected chi connectivity index (χ4v) is 2.26. The van der Waals surface area contributed by atoms with E-state index in [4.69, 9.17) is 0 Å². The second-order valence-corrected chi connectivity index (χ2v) is 4.91. The van der Waals surface area contributed by atoms with Crippen LogP contribution in [0.4, 0.5) is 0 Å². The van der Waals surface area contributed by atoms with Gasteiger partial charge in [0.25, 0.3) is 0 Å². The molecule has 0 aliphatic carbocycles. The number of aliphatic hydroxyl groups excluding tert-OH is 1. The van der Waals surface area contributed by atoms with Gasteiger partial charge >= 0.3 is 0 Å². The van der Waals surface area contributed by atoms with Gasteiger partial charge in [-0.15, -0.1) is 11.8 Å². The third kappa shape index (κ3) is 3.54. The Hall–Kier alpha value is -1.39. The molecule has 0 radical (unpaired) electrons. The Morgan fingerprint density at radius 3 is 2.47 bits per heavy atom. The van der Waals surface area contributed by atoms with E-state index in [0.29, 0.717) is 5.75 Å². The maximum Gasteiger partial charge on any atom is 0.115 e. The molecular formula is C13H14N2OS. The van der Waals surface area contributed by atoms with Gasteiger partial charge in [0.2, 0.25) is 0 Å². The van der Waals surface area contributed by atoms with E-state index in [1.54, 1.807) is 24.2 Å². The van der Waals surface area contributed by atoms with Crippen LogP contribution in [0.1, 0.15) is 17.2 Å². The zero-order chi connectivity index (χ0) is 12.1. The van der Waals surface area contributed by atoms with Gasteiger partial charge in [0, 0.05) is 28.6 Å². The molecule has 1 aromatic heterocycles. The highest BCUT2D eigenvalue weighted by Gasteiger charge is 2.08. The van der Waals surface area contributed by atoms with Crippen molar-refractivity contribution in [3.05, 3.63) is 54.1 Å². The molecule has 1 atom stereocenters. The van der Waals surface area contributed by atoms with Gasteiger partial charge in [-0.3, -0.25) is 0 Å². The van der Waals surface area contributed by atoms with Crippen LogP contribution in [0.15, 0.2) is 47.9 Å². The predicted molar refractivity (Wildman–Crippen MR) is 68.9 cm³/mol. The summed E-state index contributed by atoms with van der Waals surface area (Å²) in [6.07, 6.45) is 4.23. The second kappa shape index (κ2) is 5.80. The van der Waals surface area contributed by atoms with Gasteiger partial charge in [-0.2, -0.15) is 0 Å². The SMILES string of the molecule is Cc1ccc(SCC(O)c2cncnc2)cc1. The van der Waals surface area contributed by atoms with Crippen molar-refractivity contribution in [3.8, 4) is 0 Å². The van der Waals surface area contributed by atoms with Gasteiger partial charge in [0.1, 0.15) is 6.33 Å². The molecule has 0 saturated heterocycles. The van der Waals surface area contributed by atoms with E-state index in [1.165, 1.54) is 11.9 Å². The molecule has 1 aromatic carbocycles. The van der Waals surface area contributed by atoms with Crippen molar-refractivity contribution in [2.75, 3.05) is 5.75 Å². The fraction of sp³-hybridized carbons (Fsp3) is 0.231. The quantitative estimate of drug-likeness (QED) is 0.842. The highest BCUT2D eigenvalue weighted by molar-refractivity contribution is 7.99. The average Bonchev–Trinajstić information content (AvgIpc) is 2.39. The van der Waals surface area contributed by atoms with Crippen LogP contribution < -0.4 is 0 Å². The maximum atomic E-state index is 9.94. The van der Waals surface area contributed by atoms with Gasteiger partial charge in [-0.05, 0) is 19.1 Å². The molecule has 0 saturated carbocycles. The number of thioether (sulfide) groups is 1. The first-order valence-electron chi connectivity index (χ1n) is 5.38. The highest BCUT2D eigenvalue weighted by atomic mass is 32.2. The van der Waals surface area contributed by atoms with E-state index < -0.39 is 6.10 Å². The third-order valence-electron chi connectivity index (χ3n) is 2.39. The maximum absolute atomic E-state index is 9.94. The molecule has 0 aliphatic heterocycles. The summed E-state index contributed by atoms with van der Waals surface area (Å²) in [5.41, 5.74) is 2.00. The molecule has 2 rings (SSSR count). The molecule has 88 valence electrons. The van der Waals surface area contributed by atoms with Gasteiger partial charge in [0.05, 0.1) is 6.10 Å². The van der Waals surface area contributed by atoms with Gasteiger partial charge in [0.15, 0.2) is 0 Å². The summed E-state index contributed by atoms with van der Waals surface area (Å²) in [5.74, 6) is 0.608. The number of hydrogen-bond acceptors (Lipinski definition) is 4. The predicted octanol–water partition coefficient (Wildman–Crippen LogP) is 2.61. The topological polar surface area (TPSA) is 46.0 Å². The van der Waals surface area contributed by atoms with Crippen LogP contribution in [-0.2, 0) is 0 Å². The largest absolute Gasteiger partial charge is 0.387 e. The Morgan fingerprint density at radius 2 is 1.82 bits per heavy atom. The lowest BCUT2D eigenvalue weighted by molar-refractivity contribution is 0.203. The van der Waals surface area contributed by atoms with Gasteiger partial charge in [-0.25, -0.2) is 9.97 Å². The third-order valence-corrected chi connectivity index (χ3v) is 3.48. The minimum Gasteiger partial charge on any atom is -0.387 e. The molecule has 0 aliphatic rings. The van der Waals surface area contributed by atoms with E-state index in [0.717, 1.165) is 10.5 Å². The number of aryl methyl sites for hydroxylation is 1. The average molecular weight is 246 g/mol. The van der Waals surface area contributed by atoms with Crippen molar-refractivity contribution in [3.63, 3.8) is 0 Å². The first-order chi connectivity index (χ1) is 8.25. The van der Waals surface area contributed by atoms with Crippen LogP contribution in [0.2, 0.25) is 0 Å². The van der Waals surface area contributed by atoms with Crippen molar-refractivity contribution in [1.82, 2.24) is 9.97 Å². The monoisotopic (exact) mass is 246 g/mol. The van der Waals surface area contributed by atoms with Gasteiger partial charge in [-0.1, -0.05) is 17.7 Å². The molecule has 4 heteroatoms. The first kappa shape index (κ1) is 12.1. The molecule has 1 N–H and O–H groups in total. The van der Waals surface area contributed by atoms with Crippen LogP contribution in [0.25, 0.3) is 0 Å². The lowest BCUT2D eigenvalue weighted by Gasteiger charge is -2.09. The molecule has 2 aromatic rings. The van der Waals surface area contributed by atoms with Crippen LogP contribution in [0.3, 0.4) is 0 Å². The van der Waals surface area contributed by atoms with Crippen LogP contribution in [0.5, 0.6) is 0 Å². The Morgan fingerprint density at radius 1 is 1.18 bits per heavy atom. The number of rotatable bonds is 4. The minimum absolute atomic E-state index is 0.525. The molecule has 0 amide bonds. The number of hydrogen-bond donors (Lipinski definition) is 1. The lowest BCUT2D eigenvalue weighted by Crippen LogP contribution is -2.01. The van der Waals surface area contributed by atoms with E-state index in [2.05, 4.69) is 41.2 Å². The normalized spacial score (nSPS) is 12.4. The standard InChI is InChI=1S/C13H14N2OS/c1-10-2-4-12(5-3-10)17-8-13(16)11-6-14-9-15-7-11/h2-7,9,13,16H,8H2,1H3. The number of nitrogens with zero attached hydrogens (tertiary/aromatic N) is 2. The molecule has 0 fully saturated rings. The molecule has 0 bridgehead atoms. The van der Waals surface area contributed by atoms with Crippen LogP contribution in [-0.4, -0.2) is 20.8 Å². The van der Waals surface area contributed by atoms with E-state index in [9.17, 15) is 5.11 Å². The Labute approximate surface area is 105 Å². The molecular weight excluding hydrogens is 232 g/mol. The van der Waals surface area contributed by atoms with Crippen molar-refractivity contribution in [2.24, 2.45) is 0 Å². The number of aliphatic hydroxyl groups is 1.